The molecule has 0 aliphatic heterocycles. The van der Waals surface area contributed by atoms with Crippen molar-refractivity contribution in [3.63, 3.8) is 0 Å². The average molecular weight is 709 g/mol. The monoisotopic (exact) mass is 708 g/mol. The fraction of sp³-hybridized carbons (Fsp3) is 0.442. The molecule has 0 saturated heterocycles. The molecule has 3 aromatic carbocycles. The highest BCUT2D eigenvalue weighted by molar-refractivity contribution is 6.30. The Hall–Kier alpha value is -4.07. The molecule has 1 spiro atoms. The summed E-state index contributed by atoms with van der Waals surface area (Å²) in [5.74, 6) is 1.69. The van der Waals surface area contributed by atoms with Crippen LogP contribution in [0.2, 0.25) is 5.02 Å². The fourth-order valence-corrected chi connectivity index (χ4v) is 9.19. The number of rotatable bonds is 12. The topological polar surface area (TPSA) is 89.9 Å². The third-order valence-corrected chi connectivity index (χ3v) is 12.0. The minimum atomic E-state index is -1.03. The van der Waals surface area contributed by atoms with E-state index in [9.17, 15) is 9.90 Å². The van der Waals surface area contributed by atoms with Gasteiger partial charge in [0.2, 0.25) is 0 Å². The summed E-state index contributed by atoms with van der Waals surface area (Å²) in [5.41, 5.74) is 5.77. The highest BCUT2D eigenvalue weighted by Crippen LogP contribution is 2.56. The molecule has 8 heteroatoms. The highest BCUT2D eigenvalue weighted by Gasteiger charge is 2.54. The van der Waals surface area contributed by atoms with E-state index >= 15 is 0 Å². The molecule has 1 aromatic heterocycles. The molecular formula is C43H49ClN2O5. The van der Waals surface area contributed by atoms with Crippen molar-refractivity contribution in [3.05, 3.63) is 118 Å². The lowest BCUT2D eigenvalue weighted by molar-refractivity contribution is -0.144. The van der Waals surface area contributed by atoms with Gasteiger partial charge in [0.15, 0.2) is 0 Å². The third-order valence-electron chi connectivity index (χ3n) is 11.7. The summed E-state index contributed by atoms with van der Waals surface area (Å²) in [7, 11) is 1.68. The van der Waals surface area contributed by atoms with Gasteiger partial charge in [-0.05, 0) is 128 Å². The van der Waals surface area contributed by atoms with Gasteiger partial charge in [-0.15, -0.1) is 0 Å². The molecule has 2 N–H and O–H groups in total. The first-order chi connectivity index (χ1) is 24.8. The zero-order valence-electron chi connectivity index (χ0n) is 29.7. The molecule has 0 radical (unpaired) electrons. The van der Waals surface area contributed by atoms with Crippen LogP contribution in [0.5, 0.6) is 11.5 Å². The standard InChI is InChI=1S/C43H49ClN2O5/c1-29(27-50-38-18-23-45-40-36(38)11-4-6-13-39(40)51-28-30-14-16-35(49-2)17-15-30)24-32-25-31-8-3-5-12-37(31)42(32)19-21-43(22-20-42,41(47)48)46-34-10-7-9-33(44)26-34/h3,5,7-10,12,14-18,23,26,29,32,39,46H,4,6,11,13,19-22,24-25,27-28H2,1-2H3,(H,47,48)/t29-,32+,39?,42?,43?/m1/s1. The molecule has 0 amide bonds. The number of fused-ring (bicyclic) bond motifs is 3. The maximum Gasteiger partial charge on any atom is 0.329 e. The summed E-state index contributed by atoms with van der Waals surface area (Å²) < 4.78 is 18.4. The molecule has 3 aliphatic carbocycles. The fourth-order valence-electron chi connectivity index (χ4n) is 9.00. The van der Waals surface area contributed by atoms with Crippen molar-refractivity contribution in [1.29, 1.82) is 0 Å². The van der Waals surface area contributed by atoms with Gasteiger partial charge in [-0.2, -0.15) is 0 Å². The van der Waals surface area contributed by atoms with Crippen LogP contribution in [0, 0.1) is 11.8 Å². The second-order valence-corrected chi connectivity index (χ2v) is 15.4. The highest BCUT2D eigenvalue weighted by atomic mass is 35.5. The van der Waals surface area contributed by atoms with Gasteiger partial charge >= 0.3 is 5.97 Å². The van der Waals surface area contributed by atoms with Crippen LogP contribution >= 0.6 is 11.6 Å². The molecule has 268 valence electrons. The zero-order valence-corrected chi connectivity index (χ0v) is 30.5. The SMILES string of the molecule is COc1ccc(COC2CCCCc3c(OC[C@H](C)C[C@H]4Cc5ccccc5C45CCC(Nc4cccc(Cl)c4)(C(=O)O)CC5)ccnc32)cc1. The number of benzene rings is 3. The first-order valence-corrected chi connectivity index (χ1v) is 18.9. The van der Waals surface area contributed by atoms with E-state index in [2.05, 4.69) is 36.5 Å². The third kappa shape index (κ3) is 7.47. The maximum atomic E-state index is 12.8. The minimum absolute atomic E-state index is 0.0536. The first-order valence-electron chi connectivity index (χ1n) is 18.5. The molecule has 3 atom stereocenters. The summed E-state index contributed by atoms with van der Waals surface area (Å²) in [4.78, 5) is 17.7. The van der Waals surface area contributed by atoms with E-state index in [1.54, 1.807) is 7.11 Å². The second kappa shape index (κ2) is 15.3. The number of carboxylic acid groups (broad SMARTS) is 1. The molecule has 1 saturated carbocycles. The van der Waals surface area contributed by atoms with Crippen LogP contribution in [0.15, 0.2) is 85.1 Å². The Morgan fingerprint density at radius 2 is 1.82 bits per heavy atom. The van der Waals surface area contributed by atoms with Gasteiger partial charge in [0, 0.05) is 22.5 Å². The van der Waals surface area contributed by atoms with Crippen LogP contribution in [-0.4, -0.2) is 35.3 Å². The molecular weight excluding hydrogens is 660 g/mol. The lowest BCUT2D eigenvalue weighted by atomic mass is 9.59. The van der Waals surface area contributed by atoms with Crippen molar-refractivity contribution in [1.82, 2.24) is 4.98 Å². The van der Waals surface area contributed by atoms with Crippen molar-refractivity contribution in [3.8, 4) is 11.5 Å². The van der Waals surface area contributed by atoms with Crippen molar-refractivity contribution < 1.29 is 24.1 Å². The largest absolute Gasteiger partial charge is 0.497 e. The Morgan fingerprint density at radius 1 is 1.02 bits per heavy atom. The van der Waals surface area contributed by atoms with E-state index in [0.29, 0.717) is 42.9 Å². The van der Waals surface area contributed by atoms with Crippen LogP contribution in [0.3, 0.4) is 0 Å². The van der Waals surface area contributed by atoms with E-state index in [1.165, 1.54) is 16.7 Å². The number of methoxy groups -OCH3 is 1. The quantitative estimate of drug-likeness (QED) is 0.142. The number of nitrogens with zero attached hydrogens (tertiary/aromatic N) is 1. The van der Waals surface area contributed by atoms with Gasteiger partial charge in [-0.3, -0.25) is 4.98 Å². The predicted molar refractivity (Wildman–Crippen MR) is 201 cm³/mol. The molecule has 51 heavy (non-hydrogen) atoms. The second-order valence-electron chi connectivity index (χ2n) is 15.0. The zero-order chi connectivity index (χ0) is 35.4. The summed E-state index contributed by atoms with van der Waals surface area (Å²) in [6.07, 6.45) is 10.6. The summed E-state index contributed by atoms with van der Waals surface area (Å²) >= 11 is 6.26. The predicted octanol–water partition coefficient (Wildman–Crippen LogP) is 9.75. The van der Waals surface area contributed by atoms with E-state index in [4.69, 9.17) is 30.8 Å². The number of carboxylic acids is 1. The van der Waals surface area contributed by atoms with Gasteiger partial charge in [-0.25, -0.2) is 4.79 Å². The molecule has 7 rings (SSSR count). The Labute approximate surface area is 306 Å². The number of nitrogens with one attached hydrogen (secondary N) is 1. The van der Waals surface area contributed by atoms with E-state index < -0.39 is 11.5 Å². The lowest BCUT2D eigenvalue weighted by Gasteiger charge is -2.47. The smallest absolute Gasteiger partial charge is 0.329 e. The molecule has 4 aromatic rings. The Kier molecular flexibility index (Phi) is 10.6. The first kappa shape index (κ1) is 35.3. The molecule has 0 bridgehead atoms. The number of pyridine rings is 1. The summed E-state index contributed by atoms with van der Waals surface area (Å²) in [6, 6.07) is 26.2. The molecule has 1 heterocycles. The summed E-state index contributed by atoms with van der Waals surface area (Å²) in [6.45, 7) is 3.43. The van der Waals surface area contributed by atoms with Crippen LogP contribution in [-0.2, 0) is 34.4 Å². The number of hydrogen-bond acceptors (Lipinski definition) is 6. The van der Waals surface area contributed by atoms with Crippen molar-refractivity contribution in [2.75, 3.05) is 19.0 Å². The number of halogens is 1. The number of anilines is 1. The number of carbonyl (C=O) groups is 1. The lowest BCUT2D eigenvalue weighted by Crippen LogP contribution is -2.53. The van der Waals surface area contributed by atoms with Crippen LogP contribution < -0.4 is 14.8 Å². The maximum absolute atomic E-state index is 12.8. The van der Waals surface area contributed by atoms with Gasteiger partial charge < -0.3 is 24.6 Å². The number of aromatic nitrogens is 1. The van der Waals surface area contributed by atoms with E-state index in [-0.39, 0.29) is 11.5 Å². The van der Waals surface area contributed by atoms with E-state index in [1.807, 2.05) is 60.8 Å². The van der Waals surface area contributed by atoms with Crippen LogP contribution in [0.4, 0.5) is 5.69 Å². The van der Waals surface area contributed by atoms with Crippen LogP contribution in [0.25, 0.3) is 0 Å². The van der Waals surface area contributed by atoms with Gasteiger partial charge in [0.25, 0.3) is 0 Å². The number of aliphatic carboxylic acids is 1. The van der Waals surface area contributed by atoms with Crippen molar-refractivity contribution in [2.24, 2.45) is 11.8 Å². The van der Waals surface area contributed by atoms with Gasteiger partial charge in [-0.1, -0.05) is 67.4 Å². The molecule has 3 aliphatic rings. The Bertz CT molecular complexity index is 1820. The van der Waals surface area contributed by atoms with Gasteiger partial charge in [0.1, 0.15) is 23.1 Å². The number of hydrogen-bond donors (Lipinski definition) is 2. The molecule has 1 unspecified atom stereocenters. The normalized spacial score (nSPS) is 24.6. The Morgan fingerprint density at radius 3 is 2.59 bits per heavy atom. The van der Waals surface area contributed by atoms with E-state index in [0.717, 1.165) is 79.8 Å². The average Bonchev–Trinajstić information content (AvgIpc) is 3.27. The number of ether oxygens (including phenoxy) is 3. The molecule has 7 nitrogen and oxygen atoms in total. The van der Waals surface area contributed by atoms with Crippen molar-refractivity contribution >= 4 is 23.3 Å². The molecule has 1 fully saturated rings. The van der Waals surface area contributed by atoms with Crippen LogP contribution in [0.1, 0.15) is 92.3 Å². The minimum Gasteiger partial charge on any atom is -0.497 e. The summed E-state index contributed by atoms with van der Waals surface area (Å²) in [5, 5.41) is 14.5. The Balaban J connectivity index is 1.03. The van der Waals surface area contributed by atoms with Gasteiger partial charge in [0.05, 0.1) is 26.0 Å². The van der Waals surface area contributed by atoms with Crippen molar-refractivity contribution in [2.45, 2.75) is 94.8 Å².